The summed E-state index contributed by atoms with van der Waals surface area (Å²) in [6, 6.07) is 23.7. The lowest BCUT2D eigenvalue weighted by Crippen LogP contribution is -2.26. The molecule has 3 aromatic carbocycles. The molecule has 0 aliphatic heterocycles. The van der Waals surface area contributed by atoms with Gasteiger partial charge in [0.2, 0.25) is 0 Å². The number of benzene rings is 3. The van der Waals surface area contributed by atoms with Crippen molar-refractivity contribution in [3.8, 4) is 5.75 Å². The lowest BCUT2D eigenvalue weighted by atomic mass is 9.91. The maximum atomic E-state index is 10.6. The van der Waals surface area contributed by atoms with Crippen molar-refractivity contribution in [2.24, 2.45) is 0 Å². The minimum absolute atomic E-state index is 0.222. The Balaban J connectivity index is 1.56. The first-order valence-corrected chi connectivity index (χ1v) is 11.3. The average Bonchev–Trinajstić information content (AvgIpc) is 2.78. The van der Waals surface area contributed by atoms with Crippen LogP contribution in [0.3, 0.4) is 0 Å². The molecule has 0 saturated carbocycles. The third kappa shape index (κ3) is 7.56. The van der Waals surface area contributed by atoms with E-state index < -0.39 is 5.97 Å². The van der Waals surface area contributed by atoms with E-state index in [1.54, 1.807) is 0 Å². The highest BCUT2D eigenvalue weighted by Gasteiger charge is 2.16. The van der Waals surface area contributed by atoms with E-state index in [4.69, 9.17) is 33.0 Å². The van der Waals surface area contributed by atoms with E-state index in [2.05, 4.69) is 36.2 Å². The van der Waals surface area contributed by atoms with Crippen molar-refractivity contribution in [2.75, 3.05) is 26.7 Å². The molecule has 4 nitrogen and oxygen atoms in total. The number of aliphatic carboxylic acids is 1. The molecule has 0 aliphatic rings. The number of halogens is 2. The third-order valence-corrected chi connectivity index (χ3v) is 5.83. The Bertz CT molecular complexity index is 944. The van der Waals surface area contributed by atoms with Gasteiger partial charge in [-0.25, -0.2) is 4.79 Å². The van der Waals surface area contributed by atoms with Gasteiger partial charge >= 0.3 is 5.97 Å². The molecular weight excluding hydrogens is 445 g/mol. The zero-order valence-electron chi connectivity index (χ0n) is 18.0. The van der Waals surface area contributed by atoms with Gasteiger partial charge in [0.25, 0.3) is 0 Å². The first kappa shape index (κ1) is 24.1. The molecule has 1 N–H and O–H groups in total. The van der Waals surface area contributed by atoms with Gasteiger partial charge in [-0.2, -0.15) is 0 Å². The number of ether oxygens (including phenoxy) is 1. The summed E-state index contributed by atoms with van der Waals surface area (Å²) in [5.74, 6) is -0.185. The summed E-state index contributed by atoms with van der Waals surface area (Å²) in [4.78, 5) is 12.9. The van der Waals surface area contributed by atoms with E-state index in [0.717, 1.165) is 36.0 Å². The molecule has 0 atom stereocenters. The van der Waals surface area contributed by atoms with Crippen molar-refractivity contribution in [1.29, 1.82) is 0 Å². The van der Waals surface area contributed by atoms with Gasteiger partial charge in [0, 0.05) is 22.5 Å². The zero-order valence-corrected chi connectivity index (χ0v) is 19.5. The van der Waals surface area contributed by atoms with Crippen molar-refractivity contribution in [3.63, 3.8) is 0 Å². The summed E-state index contributed by atoms with van der Waals surface area (Å²) in [5, 5.41) is 10.2. The van der Waals surface area contributed by atoms with Gasteiger partial charge in [-0.15, -0.1) is 0 Å². The molecule has 32 heavy (non-hydrogen) atoms. The molecular formula is C26H27Cl2NO3. The molecule has 168 valence electrons. The Morgan fingerprint density at radius 3 is 1.94 bits per heavy atom. The lowest BCUT2D eigenvalue weighted by molar-refractivity contribution is -0.139. The van der Waals surface area contributed by atoms with Gasteiger partial charge in [-0.05, 0) is 79.5 Å². The van der Waals surface area contributed by atoms with Crippen LogP contribution in [0.4, 0.5) is 0 Å². The quantitative estimate of drug-likeness (QED) is 0.364. The molecule has 3 rings (SSSR count). The Hall–Kier alpha value is -2.53. The standard InChI is InChI=1S/C26H27Cl2NO3/c1-29(16-2-3-19-4-14-24(15-5-19)32-18-26(30)31)17-25(20-6-10-22(27)11-7-20)21-8-12-23(28)13-9-21/h4-15,25H,2-3,16-18H2,1H3,(H,30,31). The van der Waals surface area contributed by atoms with E-state index in [1.165, 1.54) is 16.7 Å². The number of aryl methyl sites for hydroxylation is 1. The highest BCUT2D eigenvalue weighted by Crippen LogP contribution is 2.28. The molecule has 0 saturated heterocycles. The molecule has 0 heterocycles. The van der Waals surface area contributed by atoms with Crippen LogP contribution in [0, 0.1) is 0 Å². The van der Waals surface area contributed by atoms with Crippen LogP contribution >= 0.6 is 23.2 Å². The van der Waals surface area contributed by atoms with Gasteiger partial charge in [0.05, 0.1) is 0 Å². The van der Waals surface area contributed by atoms with Crippen LogP contribution < -0.4 is 4.74 Å². The van der Waals surface area contributed by atoms with Crippen molar-refractivity contribution >= 4 is 29.2 Å². The normalized spacial score (nSPS) is 11.2. The summed E-state index contributed by atoms with van der Waals surface area (Å²) in [6.07, 6.45) is 1.95. The van der Waals surface area contributed by atoms with Crippen molar-refractivity contribution in [2.45, 2.75) is 18.8 Å². The molecule has 0 aliphatic carbocycles. The van der Waals surface area contributed by atoms with Crippen LogP contribution in [0.1, 0.15) is 29.0 Å². The highest BCUT2D eigenvalue weighted by molar-refractivity contribution is 6.30. The van der Waals surface area contributed by atoms with Crippen molar-refractivity contribution in [1.82, 2.24) is 4.90 Å². The minimum Gasteiger partial charge on any atom is -0.482 e. The summed E-state index contributed by atoms with van der Waals surface area (Å²) in [6.45, 7) is 1.51. The first-order valence-electron chi connectivity index (χ1n) is 10.5. The van der Waals surface area contributed by atoms with E-state index >= 15 is 0 Å². The van der Waals surface area contributed by atoms with Gasteiger partial charge in [-0.3, -0.25) is 0 Å². The van der Waals surface area contributed by atoms with Crippen LogP contribution in [0.5, 0.6) is 5.75 Å². The van der Waals surface area contributed by atoms with Crippen LogP contribution in [0.25, 0.3) is 0 Å². The number of carboxylic acid groups (broad SMARTS) is 1. The van der Waals surface area contributed by atoms with Gasteiger partial charge in [0.15, 0.2) is 6.61 Å². The molecule has 0 amide bonds. The maximum Gasteiger partial charge on any atom is 0.341 e. The number of rotatable bonds is 11. The molecule has 6 heteroatoms. The number of hydrogen-bond acceptors (Lipinski definition) is 3. The lowest BCUT2D eigenvalue weighted by Gasteiger charge is -2.25. The van der Waals surface area contributed by atoms with Gasteiger partial charge in [0.1, 0.15) is 5.75 Å². The number of likely N-dealkylation sites (N-methyl/N-ethyl adjacent to an activating group) is 1. The Kier molecular flexibility index (Phi) is 8.98. The molecule has 3 aromatic rings. The fourth-order valence-corrected chi connectivity index (χ4v) is 3.90. The van der Waals surface area contributed by atoms with Gasteiger partial charge < -0.3 is 14.7 Å². The summed E-state index contributed by atoms with van der Waals surface area (Å²) in [7, 11) is 2.14. The number of carbonyl (C=O) groups is 1. The molecule has 0 radical (unpaired) electrons. The summed E-state index contributed by atoms with van der Waals surface area (Å²) in [5.41, 5.74) is 3.65. The zero-order chi connectivity index (χ0) is 22.9. The number of carboxylic acids is 1. The van der Waals surface area contributed by atoms with E-state index in [1.807, 2.05) is 48.5 Å². The van der Waals surface area contributed by atoms with Crippen LogP contribution in [-0.4, -0.2) is 42.7 Å². The molecule has 0 fully saturated rings. The van der Waals surface area contributed by atoms with Gasteiger partial charge in [-0.1, -0.05) is 59.6 Å². The second kappa shape index (κ2) is 11.9. The smallest absolute Gasteiger partial charge is 0.341 e. The summed E-state index contributed by atoms with van der Waals surface area (Å²) >= 11 is 12.2. The van der Waals surface area contributed by atoms with E-state index in [0.29, 0.717) is 5.75 Å². The van der Waals surface area contributed by atoms with E-state index in [9.17, 15) is 4.79 Å². The Morgan fingerprint density at radius 2 is 1.44 bits per heavy atom. The average molecular weight is 472 g/mol. The molecule has 0 bridgehead atoms. The largest absolute Gasteiger partial charge is 0.482 e. The fourth-order valence-electron chi connectivity index (χ4n) is 3.65. The Morgan fingerprint density at radius 1 is 0.906 bits per heavy atom. The fraction of sp³-hybridized carbons (Fsp3) is 0.269. The maximum absolute atomic E-state index is 10.6. The second-order valence-corrected chi connectivity index (χ2v) is 8.72. The van der Waals surface area contributed by atoms with Crippen LogP contribution in [-0.2, 0) is 11.2 Å². The number of hydrogen-bond donors (Lipinski definition) is 1. The van der Waals surface area contributed by atoms with Crippen LogP contribution in [0.2, 0.25) is 10.0 Å². The van der Waals surface area contributed by atoms with Crippen molar-refractivity contribution < 1.29 is 14.6 Å². The molecule has 0 unspecified atom stereocenters. The van der Waals surface area contributed by atoms with Crippen LogP contribution in [0.15, 0.2) is 72.8 Å². The minimum atomic E-state index is -0.979. The van der Waals surface area contributed by atoms with E-state index in [-0.39, 0.29) is 12.5 Å². The highest BCUT2D eigenvalue weighted by atomic mass is 35.5. The topological polar surface area (TPSA) is 49.8 Å². The second-order valence-electron chi connectivity index (χ2n) is 7.85. The number of nitrogens with zero attached hydrogens (tertiary/aromatic N) is 1. The third-order valence-electron chi connectivity index (χ3n) is 5.33. The first-order chi connectivity index (χ1) is 15.4. The summed E-state index contributed by atoms with van der Waals surface area (Å²) < 4.78 is 5.18. The monoisotopic (exact) mass is 471 g/mol. The molecule has 0 spiro atoms. The van der Waals surface area contributed by atoms with Crippen molar-refractivity contribution in [3.05, 3.63) is 99.5 Å². The predicted octanol–water partition coefficient (Wildman–Crippen LogP) is 6.15. The SMILES string of the molecule is CN(CCCc1ccc(OCC(=O)O)cc1)CC(c1ccc(Cl)cc1)c1ccc(Cl)cc1. The molecule has 0 aromatic heterocycles. The predicted molar refractivity (Wildman–Crippen MR) is 130 cm³/mol. The Labute approximate surface area is 199 Å².